The average Bonchev–Trinajstić information content (AvgIpc) is 2.59. The highest BCUT2D eigenvalue weighted by molar-refractivity contribution is 5.76. The van der Waals surface area contributed by atoms with Gasteiger partial charge in [-0.3, -0.25) is 4.79 Å². The maximum absolute atomic E-state index is 12.9. The fourth-order valence-electron chi connectivity index (χ4n) is 1.70. The first-order chi connectivity index (χ1) is 8.75. The molecule has 9 heteroatoms. The maximum Gasteiger partial charge on any atom is 0.434 e. The summed E-state index contributed by atoms with van der Waals surface area (Å²) in [6.07, 6.45) is -5.23. The molecule has 6 nitrogen and oxygen atoms in total. The average molecular weight is 280 g/mol. The number of nitrogens with zero attached hydrogens (tertiary/aromatic N) is 3. The smallest absolute Gasteiger partial charge is 0.384 e. The monoisotopic (exact) mass is 280 g/mol. The van der Waals surface area contributed by atoms with Crippen LogP contribution in [0, 0.1) is 5.92 Å². The minimum absolute atomic E-state index is 0.00551. The van der Waals surface area contributed by atoms with E-state index < -0.39 is 29.9 Å². The summed E-state index contributed by atoms with van der Waals surface area (Å²) in [5, 5.41) is 6.83. The molecule has 1 amide bonds. The largest absolute Gasteiger partial charge is 0.434 e. The molecule has 1 heterocycles. The number of carbonyl (C=O) groups is 1. The van der Waals surface area contributed by atoms with Crippen molar-refractivity contribution in [1.29, 1.82) is 0 Å². The van der Waals surface area contributed by atoms with Crippen molar-refractivity contribution in [3.8, 4) is 0 Å². The van der Waals surface area contributed by atoms with Crippen molar-refractivity contribution >= 4 is 5.91 Å². The van der Waals surface area contributed by atoms with Crippen LogP contribution in [0.4, 0.5) is 13.2 Å². The fourth-order valence-corrected chi connectivity index (χ4v) is 1.70. The van der Waals surface area contributed by atoms with E-state index in [-0.39, 0.29) is 12.5 Å². The summed E-state index contributed by atoms with van der Waals surface area (Å²) in [5.74, 6) is -1.06. The molecule has 0 aliphatic rings. The summed E-state index contributed by atoms with van der Waals surface area (Å²) in [7, 11) is 1.46. The Labute approximate surface area is 107 Å². The molecule has 0 aromatic carbocycles. The number of nitrogens with two attached hydrogens (primary N) is 1. The van der Waals surface area contributed by atoms with Crippen molar-refractivity contribution in [3.05, 3.63) is 11.4 Å². The van der Waals surface area contributed by atoms with E-state index in [1.807, 2.05) is 0 Å². The third-order valence-electron chi connectivity index (χ3n) is 2.35. The van der Waals surface area contributed by atoms with Crippen LogP contribution >= 0.6 is 0 Å². The lowest BCUT2D eigenvalue weighted by molar-refractivity contribution is -0.145. The van der Waals surface area contributed by atoms with Crippen LogP contribution in [0.2, 0.25) is 0 Å². The fraction of sp³-hybridized carbons (Fsp3) is 0.700. The van der Waals surface area contributed by atoms with Gasteiger partial charge in [0, 0.05) is 13.7 Å². The van der Waals surface area contributed by atoms with Gasteiger partial charge in [-0.1, -0.05) is 12.1 Å². The van der Waals surface area contributed by atoms with E-state index in [4.69, 9.17) is 10.5 Å². The zero-order chi connectivity index (χ0) is 14.6. The lowest BCUT2D eigenvalue weighted by Crippen LogP contribution is -2.23. The number of alkyl halides is 3. The molecule has 0 aliphatic carbocycles. The van der Waals surface area contributed by atoms with Gasteiger partial charge in [-0.25, -0.2) is 4.68 Å². The second-order valence-electron chi connectivity index (χ2n) is 4.27. The van der Waals surface area contributed by atoms with Crippen LogP contribution in [-0.2, 0) is 28.7 Å². The van der Waals surface area contributed by atoms with Gasteiger partial charge in [0.1, 0.15) is 5.69 Å². The number of methoxy groups -OCH3 is 1. The van der Waals surface area contributed by atoms with E-state index in [0.717, 1.165) is 4.68 Å². The first-order valence-electron chi connectivity index (χ1n) is 5.52. The maximum atomic E-state index is 12.9. The molecule has 0 bridgehead atoms. The van der Waals surface area contributed by atoms with E-state index in [1.165, 1.54) is 7.11 Å². The minimum atomic E-state index is -4.64. The Morgan fingerprint density at radius 3 is 2.63 bits per heavy atom. The molecule has 0 saturated carbocycles. The molecule has 19 heavy (non-hydrogen) atoms. The Morgan fingerprint density at radius 2 is 2.16 bits per heavy atom. The quantitative estimate of drug-likeness (QED) is 0.827. The minimum Gasteiger partial charge on any atom is -0.384 e. The highest BCUT2D eigenvalue weighted by Crippen LogP contribution is 2.31. The Balaban J connectivity index is 3.04. The van der Waals surface area contributed by atoms with Gasteiger partial charge in [-0.05, 0) is 5.92 Å². The molecule has 1 aromatic heterocycles. The number of halogens is 3. The van der Waals surface area contributed by atoms with Crippen LogP contribution in [0.15, 0.2) is 0 Å². The number of amides is 1. The van der Waals surface area contributed by atoms with E-state index >= 15 is 0 Å². The van der Waals surface area contributed by atoms with Gasteiger partial charge in [0.2, 0.25) is 5.91 Å². The lowest BCUT2D eigenvalue weighted by Gasteiger charge is -2.14. The third kappa shape index (κ3) is 4.19. The summed E-state index contributed by atoms with van der Waals surface area (Å²) < 4.78 is 44.4. The second-order valence-corrected chi connectivity index (χ2v) is 4.27. The highest BCUT2D eigenvalue weighted by Gasteiger charge is 2.39. The standard InChI is InChI=1S/C10H15F3N4O2/c1-6(5-19-2)4-17-9(10(11,12)13)7(15-16-17)3-8(14)18/h6H,3-5H2,1-2H3,(H2,14,18). The van der Waals surface area contributed by atoms with Crippen LogP contribution in [-0.4, -0.2) is 34.6 Å². The van der Waals surface area contributed by atoms with Crippen LogP contribution in [0.1, 0.15) is 18.3 Å². The van der Waals surface area contributed by atoms with Gasteiger partial charge in [-0.15, -0.1) is 5.10 Å². The van der Waals surface area contributed by atoms with Gasteiger partial charge in [0.25, 0.3) is 0 Å². The van der Waals surface area contributed by atoms with E-state index in [1.54, 1.807) is 6.92 Å². The lowest BCUT2D eigenvalue weighted by atomic mass is 10.2. The Morgan fingerprint density at radius 1 is 1.53 bits per heavy atom. The molecule has 1 rings (SSSR count). The van der Waals surface area contributed by atoms with E-state index in [0.29, 0.717) is 6.61 Å². The van der Waals surface area contributed by atoms with Gasteiger partial charge < -0.3 is 10.5 Å². The molecule has 0 aliphatic heterocycles. The predicted molar refractivity (Wildman–Crippen MR) is 59.0 cm³/mol. The molecule has 0 spiro atoms. The number of ether oxygens (including phenoxy) is 1. The molecule has 2 N–H and O–H groups in total. The van der Waals surface area contributed by atoms with E-state index in [9.17, 15) is 18.0 Å². The SMILES string of the molecule is COCC(C)Cn1nnc(CC(N)=O)c1C(F)(F)F. The predicted octanol–water partition coefficient (Wildman–Crippen LogP) is 0.607. The topological polar surface area (TPSA) is 83.0 Å². The van der Waals surface area contributed by atoms with E-state index in [2.05, 4.69) is 10.3 Å². The number of aromatic nitrogens is 3. The highest BCUT2D eigenvalue weighted by atomic mass is 19.4. The molecule has 0 radical (unpaired) electrons. The first kappa shape index (κ1) is 15.4. The number of carbonyl (C=O) groups excluding carboxylic acids is 1. The Bertz CT molecular complexity index is 444. The summed E-state index contributed by atoms with van der Waals surface area (Å²) in [4.78, 5) is 10.7. The van der Waals surface area contributed by atoms with Crippen LogP contribution < -0.4 is 5.73 Å². The molecule has 108 valence electrons. The number of hydrogen-bond donors (Lipinski definition) is 1. The van der Waals surface area contributed by atoms with Crippen molar-refractivity contribution in [2.45, 2.75) is 26.1 Å². The molecule has 1 atom stereocenters. The molecule has 0 saturated heterocycles. The summed E-state index contributed by atoms with van der Waals surface area (Å²) in [5.41, 5.74) is 3.40. The van der Waals surface area contributed by atoms with Crippen molar-refractivity contribution < 1.29 is 22.7 Å². The number of primary amides is 1. The Kier molecular flexibility index (Phi) is 4.87. The van der Waals surface area contributed by atoms with Gasteiger partial charge >= 0.3 is 6.18 Å². The first-order valence-corrected chi connectivity index (χ1v) is 5.52. The van der Waals surface area contributed by atoms with Crippen molar-refractivity contribution in [1.82, 2.24) is 15.0 Å². The summed E-state index contributed by atoms with van der Waals surface area (Å²) >= 11 is 0. The third-order valence-corrected chi connectivity index (χ3v) is 2.35. The zero-order valence-corrected chi connectivity index (χ0v) is 10.6. The van der Waals surface area contributed by atoms with Crippen LogP contribution in [0.25, 0.3) is 0 Å². The summed E-state index contributed by atoms with van der Waals surface area (Å²) in [6.45, 7) is 2.01. The number of hydrogen-bond acceptors (Lipinski definition) is 4. The van der Waals surface area contributed by atoms with Crippen molar-refractivity contribution in [3.63, 3.8) is 0 Å². The van der Waals surface area contributed by atoms with Gasteiger partial charge in [0.05, 0.1) is 13.0 Å². The van der Waals surface area contributed by atoms with Crippen molar-refractivity contribution in [2.24, 2.45) is 11.7 Å². The summed E-state index contributed by atoms with van der Waals surface area (Å²) in [6, 6.07) is 0. The number of rotatable bonds is 6. The Hall–Kier alpha value is -1.64. The molecule has 1 unspecified atom stereocenters. The molecule has 1 aromatic rings. The normalized spacial score (nSPS) is 13.5. The second kappa shape index (κ2) is 6.00. The molecular formula is C10H15F3N4O2. The van der Waals surface area contributed by atoms with Crippen LogP contribution in [0.5, 0.6) is 0 Å². The van der Waals surface area contributed by atoms with Crippen molar-refractivity contribution in [2.75, 3.05) is 13.7 Å². The molecule has 0 fully saturated rings. The molecular weight excluding hydrogens is 265 g/mol. The van der Waals surface area contributed by atoms with Crippen LogP contribution in [0.3, 0.4) is 0 Å². The van der Waals surface area contributed by atoms with Gasteiger partial charge in [0.15, 0.2) is 5.69 Å². The van der Waals surface area contributed by atoms with Gasteiger partial charge in [-0.2, -0.15) is 13.2 Å². The zero-order valence-electron chi connectivity index (χ0n) is 10.6.